The molecule has 0 aliphatic heterocycles. The van der Waals surface area contributed by atoms with Crippen molar-refractivity contribution in [2.45, 2.75) is 20.8 Å². The Bertz CT molecular complexity index is 395. The second-order valence-corrected chi connectivity index (χ2v) is 3.80. The van der Waals surface area contributed by atoms with Gasteiger partial charge in [0.25, 0.3) is 0 Å². The highest BCUT2D eigenvalue weighted by molar-refractivity contribution is 6.30. The van der Waals surface area contributed by atoms with Crippen LogP contribution in [0.4, 0.5) is 5.82 Å². The molecule has 0 saturated carbocycles. The molecule has 2 N–H and O–H groups in total. The van der Waals surface area contributed by atoms with E-state index in [1.807, 2.05) is 6.92 Å². The third kappa shape index (κ3) is 3.66. The number of halogens is 1. The Morgan fingerprint density at radius 1 is 1.31 bits per heavy atom. The molecule has 0 atom stereocenters. The molecule has 0 fully saturated rings. The van der Waals surface area contributed by atoms with Crippen LogP contribution in [0.5, 0.6) is 0 Å². The van der Waals surface area contributed by atoms with E-state index in [1.165, 1.54) is 6.92 Å². The summed E-state index contributed by atoms with van der Waals surface area (Å²) in [7, 11) is 0. The average molecular weight is 243 g/mol. The van der Waals surface area contributed by atoms with Gasteiger partial charge in [0, 0.05) is 25.6 Å². The van der Waals surface area contributed by atoms with Crippen LogP contribution in [-0.2, 0) is 4.79 Å². The normalized spacial score (nSPS) is 10.0. The van der Waals surface area contributed by atoms with Crippen molar-refractivity contribution in [3.05, 3.63) is 16.5 Å². The summed E-state index contributed by atoms with van der Waals surface area (Å²) in [6.07, 6.45) is 0. The molecule has 0 saturated heterocycles. The summed E-state index contributed by atoms with van der Waals surface area (Å²) in [5.74, 6) is 1.29. The number of hydrogen-bond acceptors (Lipinski definition) is 4. The average Bonchev–Trinajstić information content (AvgIpc) is 2.19. The monoisotopic (exact) mass is 242 g/mol. The molecule has 0 radical (unpaired) electrons. The molecule has 6 heteroatoms. The molecule has 1 aromatic rings. The topological polar surface area (TPSA) is 66.9 Å². The number of anilines is 1. The Kier molecular flexibility index (Phi) is 4.49. The number of aryl methyl sites for hydroxylation is 1. The number of amides is 1. The minimum atomic E-state index is -0.0459. The Hall–Kier alpha value is -1.36. The molecule has 0 aromatic carbocycles. The maximum Gasteiger partial charge on any atom is 0.216 e. The fraction of sp³-hybridized carbons (Fsp3) is 0.500. The number of nitrogens with zero attached hydrogens (tertiary/aromatic N) is 2. The van der Waals surface area contributed by atoms with Crippen LogP contribution in [-0.4, -0.2) is 29.0 Å². The lowest BCUT2D eigenvalue weighted by molar-refractivity contribution is -0.118. The Labute approximate surface area is 99.6 Å². The number of hydrogen-bond donors (Lipinski definition) is 2. The Balaban J connectivity index is 2.57. The molecule has 1 amide bonds. The lowest BCUT2D eigenvalue weighted by Gasteiger charge is -2.10. The Morgan fingerprint density at radius 2 is 2.00 bits per heavy atom. The van der Waals surface area contributed by atoms with Gasteiger partial charge >= 0.3 is 0 Å². The number of rotatable bonds is 4. The SMILES string of the molecule is CC(=O)NCCNc1nc(C)nc(Cl)c1C. The van der Waals surface area contributed by atoms with Gasteiger partial charge in [-0.2, -0.15) is 0 Å². The fourth-order valence-electron chi connectivity index (χ4n) is 1.19. The van der Waals surface area contributed by atoms with Crippen LogP contribution in [0.25, 0.3) is 0 Å². The molecule has 0 aliphatic rings. The highest BCUT2D eigenvalue weighted by Crippen LogP contribution is 2.18. The van der Waals surface area contributed by atoms with Gasteiger partial charge in [-0.3, -0.25) is 4.79 Å². The molecule has 0 aliphatic carbocycles. The standard InChI is InChI=1S/C10H15ClN4O/c1-6-9(11)14-7(2)15-10(6)13-5-4-12-8(3)16/h4-5H2,1-3H3,(H,12,16)(H,13,14,15). The number of carbonyl (C=O) groups excluding carboxylic acids is 1. The third-order valence-corrected chi connectivity index (χ3v) is 2.36. The summed E-state index contributed by atoms with van der Waals surface area (Å²) < 4.78 is 0. The van der Waals surface area contributed by atoms with Crippen LogP contribution in [0.2, 0.25) is 5.15 Å². The van der Waals surface area contributed by atoms with Crippen molar-refractivity contribution in [2.24, 2.45) is 0 Å². The molecule has 0 bridgehead atoms. The summed E-state index contributed by atoms with van der Waals surface area (Å²) in [5.41, 5.74) is 0.815. The van der Waals surface area contributed by atoms with Crippen LogP contribution in [0, 0.1) is 13.8 Å². The van der Waals surface area contributed by atoms with E-state index in [1.54, 1.807) is 6.92 Å². The lowest BCUT2D eigenvalue weighted by atomic mass is 10.3. The van der Waals surface area contributed by atoms with Crippen LogP contribution in [0.1, 0.15) is 18.3 Å². The molecule has 5 nitrogen and oxygen atoms in total. The van der Waals surface area contributed by atoms with Gasteiger partial charge in [0.2, 0.25) is 5.91 Å². The minimum absolute atomic E-state index is 0.0459. The van der Waals surface area contributed by atoms with Crippen LogP contribution in [0.3, 0.4) is 0 Å². The van der Waals surface area contributed by atoms with E-state index in [4.69, 9.17) is 11.6 Å². The second-order valence-electron chi connectivity index (χ2n) is 3.44. The molecule has 1 rings (SSSR count). The number of aromatic nitrogens is 2. The van der Waals surface area contributed by atoms with Crippen molar-refractivity contribution >= 4 is 23.3 Å². The van der Waals surface area contributed by atoms with E-state index < -0.39 is 0 Å². The van der Waals surface area contributed by atoms with Gasteiger partial charge in [0.05, 0.1) is 0 Å². The first kappa shape index (κ1) is 12.7. The number of carbonyl (C=O) groups is 1. The highest BCUT2D eigenvalue weighted by Gasteiger charge is 2.06. The maximum absolute atomic E-state index is 10.6. The molecule has 1 heterocycles. The van der Waals surface area contributed by atoms with Crippen LogP contribution < -0.4 is 10.6 Å². The van der Waals surface area contributed by atoms with Crippen LogP contribution in [0.15, 0.2) is 0 Å². The largest absolute Gasteiger partial charge is 0.368 e. The van der Waals surface area contributed by atoms with Gasteiger partial charge in [-0.05, 0) is 13.8 Å². The molecule has 16 heavy (non-hydrogen) atoms. The number of nitrogens with one attached hydrogen (secondary N) is 2. The maximum atomic E-state index is 10.6. The zero-order chi connectivity index (χ0) is 12.1. The van der Waals surface area contributed by atoms with Crippen molar-refractivity contribution in [3.8, 4) is 0 Å². The van der Waals surface area contributed by atoms with Crippen molar-refractivity contribution in [1.82, 2.24) is 15.3 Å². The van der Waals surface area contributed by atoms with Crippen molar-refractivity contribution in [2.75, 3.05) is 18.4 Å². The van der Waals surface area contributed by atoms with Crippen molar-refractivity contribution in [3.63, 3.8) is 0 Å². The molecule has 88 valence electrons. The van der Waals surface area contributed by atoms with Gasteiger partial charge in [0.15, 0.2) is 0 Å². The molecule has 0 unspecified atom stereocenters. The van der Waals surface area contributed by atoms with Crippen LogP contribution >= 0.6 is 11.6 Å². The highest BCUT2D eigenvalue weighted by atomic mass is 35.5. The van der Waals surface area contributed by atoms with Gasteiger partial charge in [-0.15, -0.1) is 0 Å². The summed E-state index contributed by atoms with van der Waals surface area (Å²) >= 11 is 5.92. The van der Waals surface area contributed by atoms with Gasteiger partial charge in [-0.1, -0.05) is 11.6 Å². The molecule has 0 spiro atoms. The molecular formula is C10H15ClN4O. The summed E-state index contributed by atoms with van der Waals surface area (Å²) in [5, 5.41) is 6.24. The van der Waals surface area contributed by atoms with E-state index >= 15 is 0 Å². The second kappa shape index (κ2) is 5.65. The Morgan fingerprint density at radius 3 is 2.62 bits per heavy atom. The fourth-order valence-corrected chi connectivity index (χ4v) is 1.40. The zero-order valence-electron chi connectivity index (χ0n) is 9.59. The lowest BCUT2D eigenvalue weighted by Crippen LogP contribution is -2.26. The predicted molar refractivity (Wildman–Crippen MR) is 63.7 cm³/mol. The smallest absolute Gasteiger partial charge is 0.216 e. The summed E-state index contributed by atoms with van der Waals surface area (Å²) in [6.45, 7) is 6.27. The van der Waals surface area contributed by atoms with E-state index in [-0.39, 0.29) is 5.91 Å². The van der Waals surface area contributed by atoms with Crippen molar-refractivity contribution in [1.29, 1.82) is 0 Å². The predicted octanol–water partition coefficient (Wildman–Crippen LogP) is 1.29. The van der Waals surface area contributed by atoms with Crippen molar-refractivity contribution < 1.29 is 4.79 Å². The van der Waals surface area contributed by atoms with E-state index in [0.717, 1.165) is 5.56 Å². The third-order valence-electron chi connectivity index (χ3n) is 1.99. The minimum Gasteiger partial charge on any atom is -0.368 e. The van der Waals surface area contributed by atoms with Gasteiger partial charge in [0.1, 0.15) is 16.8 Å². The van der Waals surface area contributed by atoms with E-state index in [9.17, 15) is 4.79 Å². The summed E-state index contributed by atoms with van der Waals surface area (Å²) in [6, 6.07) is 0. The van der Waals surface area contributed by atoms with Gasteiger partial charge in [-0.25, -0.2) is 9.97 Å². The van der Waals surface area contributed by atoms with E-state index in [0.29, 0.717) is 29.9 Å². The van der Waals surface area contributed by atoms with E-state index in [2.05, 4.69) is 20.6 Å². The zero-order valence-corrected chi connectivity index (χ0v) is 10.4. The first-order chi connectivity index (χ1) is 7.50. The first-order valence-corrected chi connectivity index (χ1v) is 5.37. The summed E-state index contributed by atoms with van der Waals surface area (Å²) in [4.78, 5) is 18.9. The molecular weight excluding hydrogens is 228 g/mol. The quantitative estimate of drug-likeness (QED) is 0.617. The first-order valence-electron chi connectivity index (χ1n) is 4.99. The molecule has 1 aromatic heterocycles. The van der Waals surface area contributed by atoms with Gasteiger partial charge < -0.3 is 10.6 Å².